The van der Waals surface area contributed by atoms with Crippen molar-refractivity contribution in [3.8, 4) is 6.07 Å². The minimum Gasteiger partial charge on any atom is -0.385 e. The Kier molecular flexibility index (Phi) is 5.68. The van der Waals surface area contributed by atoms with Crippen LogP contribution in [0.15, 0.2) is 42.5 Å². The first-order valence-corrected chi connectivity index (χ1v) is 11.6. The van der Waals surface area contributed by atoms with E-state index in [0.29, 0.717) is 50.0 Å². The summed E-state index contributed by atoms with van der Waals surface area (Å²) in [7, 11) is 0. The summed E-state index contributed by atoms with van der Waals surface area (Å²) in [5, 5.41) is 22.8. The lowest BCUT2D eigenvalue weighted by Crippen LogP contribution is -2.52. The van der Waals surface area contributed by atoms with Crippen LogP contribution in [0.25, 0.3) is 0 Å². The van der Waals surface area contributed by atoms with Crippen molar-refractivity contribution in [2.45, 2.75) is 50.4 Å². The van der Waals surface area contributed by atoms with Crippen LogP contribution in [0.3, 0.4) is 0 Å². The molecule has 3 amide bonds. The van der Waals surface area contributed by atoms with Crippen molar-refractivity contribution < 1.29 is 19.5 Å². The largest absolute Gasteiger partial charge is 0.385 e. The molecule has 0 saturated carbocycles. The van der Waals surface area contributed by atoms with Crippen molar-refractivity contribution in [2.75, 3.05) is 13.1 Å². The average Bonchev–Trinajstić information content (AvgIpc) is 3.16. The average molecular weight is 459 g/mol. The van der Waals surface area contributed by atoms with E-state index in [9.17, 15) is 19.5 Å². The molecule has 0 spiro atoms. The van der Waals surface area contributed by atoms with Crippen LogP contribution in [0.4, 0.5) is 0 Å². The lowest BCUT2D eigenvalue weighted by Gasteiger charge is -2.38. The minimum absolute atomic E-state index is 0.211. The topological polar surface area (TPSA) is 114 Å². The van der Waals surface area contributed by atoms with E-state index in [1.807, 2.05) is 30.3 Å². The molecule has 3 aliphatic rings. The van der Waals surface area contributed by atoms with Gasteiger partial charge in [-0.05, 0) is 54.2 Å². The van der Waals surface area contributed by atoms with Crippen LogP contribution in [0.1, 0.15) is 58.3 Å². The van der Waals surface area contributed by atoms with E-state index in [0.717, 1.165) is 23.2 Å². The fourth-order valence-electron chi connectivity index (χ4n) is 5.23. The number of carbonyl (C=O) groups excluding carboxylic acids is 3. The highest BCUT2D eigenvalue weighted by Crippen LogP contribution is 2.36. The highest BCUT2D eigenvalue weighted by atomic mass is 16.3. The molecule has 3 aliphatic heterocycles. The molecule has 34 heavy (non-hydrogen) atoms. The van der Waals surface area contributed by atoms with E-state index in [1.54, 1.807) is 12.1 Å². The van der Waals surface area contributed by atoms with Crippen LogP contribution in [0.2, 0.25) is 0 Å². The van der Waals surface area contributed by atoms with Crippen LogP contribution in [0, 0.1) is 11.3 Å². The predicted molar refractivity (Wildman–Crippen MR) is 122 cm³/mol. The second kappa shape index (κ2) is 8.67. The molecule has 0 aliphatic carbocycles. The van der Waals surface area contributed by atoms with E-state index in [2.05, 4.69) is 16.3 Å². The first kappa shape index (κ1) is 22.3. The number of imide groups is 1. The summed E-state index contributed by atoms with van der Waals surface area (Å²) < 4.78 is 0. The van der Waals surface area contributed by atoms with E-state index in [-0.39, 0.29) is 18.2 Å². The summed E-state index contributed by atoms with van der Waals surface area (Å²) >= 11 is 0. The predicted octanol–water partition coefficient (Wildman–Crippen LogP) is 1.80. The van der Waals surface area contributed by atoms with Crippen molar-refractivity contribution in [1.29, 1.82) is 5.26 Å². The molecule has 1 atom stereocenters. The van der Waals surface area contributed by atoms with Gasteiger partial charge in [0, 0.05) is 38.2 Å². The van der Waals surface area contributed by atoms with Gasteiger partial charge in [0.1, 0.15) is 6.04 Å². The van der Waals surface area contributed by atoms with Gasteiger partial charge >= 0.3 is 0 Å². The number of aliphatic hydroxyl groups is 1. The van der Waals surface area contributed by atoms with Gasteiger partial charge in [-0.15, -0.1) is 0 Å². The number of likely N-dealkylation sites (tertiary alicyclic amines) is 1. The molecule has 3 heterocycles. The number of amides is 3. The van der Waals surface area contributed by atoms with Gasteiger partial charge in [0.2, 0.25) is 11.8 Å². The smallest absolute Gasteiger partial charge is 0.255 e. The Bertz CT molecular complexity index is 1210. The molecule has 0 aromatic heterocycles. The Morgan fingerprint density at radius 3 is 2.65 bits per heavy atom. The zero-order valence-corrected chi connectivity index (χ0v) is 18.8. The standard InChI is InChI=1S/C26H26N4O4/c27-14-17-2-1-3-18(12-17)15-29-10-8-26(34,9-11-29)20-4-5-21-19(13-20)16-30(25(21)33)22-6-7-23(31)28-24(22)32/h1-5,12-13,22,34H,6-11,15-16H2,(H,28,31,32). The highest BCUT2D eigenvalue weighted by Gasteiger charge is 2.40. The number of nitrogens with zero attached hydrogens (tertiary/aromatic N) is 3. The molecule has 1 unspecified atom stereocenters. The van der Waals surface area contributed by atoms with Crippen molar-refractivity contribution in [1.82, 2.24) is 15.1 Å². The maximum absolute atomic E-state index is 12.9. The number of hydrogen-bond donors (Lipinski definition) is 2. The number of nitriles is 1. The Morgan fingerprint density at radius 2 is 1.91 bits per heavy atom. The van der Waals surface area contributed by atoms with E-state index >= 15 is 0 Å². The number of carbonyl (C=O) groups is 3. The molecule has 5 rings (SSSR count). The SMILES string of the molecule is N#Cc1cccc(CN2CCC(O)(c3ccc4c(c3)CN(C3CCC(=O)NC3=O)C4=O)CC2)c1. The monoisotopic (exact) mass is 458 g/mol. The lowest BCUT2D eigenvalue weighted by molar-refractivity contribution is -0.136. The lowest BCUT2D eigenvalue weighted by atomic mass is 9.83. The normalized spacial score (nSPS) is 22.3. The number of benzene rings is 2. The summed E-state index contributed by atoms with van der Waals surface area (Å²) in [6, 6.07) is 14.6. The van der Waals surface area contributed by atoms with E-state index in [4.69, 9.17) is 5.26 Å². The van der Waals surface area contributed by atoms with Crippen LogP contribution in [-0.2, 0) is 28.3 Å². The Balaban J connectivity index is 1.26. The van der Waals surface area contributed by atoms with Crippen molar-refractivity contribution >= 4 is 17.7 Å². The number of hydrogen-bond acceptors (Lipinski definition) is 6. The summed E-state index contributed by atoms with van der Waals surface area (Å²) in [6.45, 7) is 2.45. The summed E-state index contributed by atoms with van der Waals surface area (Å²) in [4.78, 5) is 40.4. The van der Waals surface area contributed by atoms with E-state index < -0.39 is 17.6 Å². The maximum atomic E-state index is 12.9. The molecule has 2 fully saturated rings. The Labute approximate surface area is 197 Å². The van der Waals surface area contributed by atoms with Gasteiger partial charge in [0.15, 0.2) is 0 Å². The first-order chi connectivity index (χ1) is 16.4. The quantitative estimate of drug-likeness (QED) is 0.676. The fraction of sp³-hybridized carbons (Fsp3) is 0.385. The van der Waals surface area contributed by atoms with Gasteiger partial charge in [-0.25, -0.2) is 0 Å². The molecule has 2 N–H and O–H groups in total. The van der Waals surface area contributed by atoms with Gasteiger partial charge in [-0.1, -0.05) is 24.3 Å². The number of nitrogens with one attached hydrogen (secondary N) is 1. The molecule has 2 aromatic carbocycles. The molecule has 2 aromatic rings. The third-order valence-corrected chi connectivity index (χ3v) is 7.21. The summed E-state index contributed by atoms with van der Waals surface area (Å²) in [5.41, 5.74) is 2.88. The van der Waals surface area contributed by atoms with Gasteiger partial charge < -0.3 is 10.0 Å². The molecule has 0 bridgehead atoms. The van der Waals surface area contributed by atoms with Crippen LogP contribution in [0.5, 0.6) is 0 Å². The number of fused-ring (bicyclic) bond motifs is 1. The van der Waals surface area contributed by atoms with Gasteiger partial charge in [0.25, 0.3) is 5.91 Å². The van der Waals surface area contributed by atoms with Crippen LogP contribution >= 0.6 is 0 Å². The third-order valence-electron chi connectivity index (χ3n) is 7.21. The van der Waals surface area contributed by atoms with Crippen LogP contribution < -0.4 is 5.32 Å². The maximum Gasteiger partial charge on any atom is 0.255 e. The van der Waals surface area contributed by atoms with Gasteiger partial charge in [-0.2, -0.15) is 5.26 Å². The Hall–Kier alpha value is -3.54. The van der Waals surface area contributed by atoms with Crippen LogP contribution in [-0.4, -0.2) is 51.8 Å². The highest BCUT2D eigenvalue weighted by molar-refractivity contribution is 6.05. The van der Waals surface area contributed by atoms with Crippen molar-refractivity contribution in [2.24, 2.45) is 0 Å². The van der Waals surface area contributed by atoms with E-state index in [1.165, 1.54) is 4.90 Å². The summed E-state index contributed by atoms with van der Waals surface area (Å²) in [5.74, 6) is -0.944. The zero-order chi connectivity index (χ0) is 23.9. The van der Waals surface area contributed by atoms with Crippen molar-refractivity contribution in [3.63, 3.8) is 0 Å². The minimum atomic E-state index is -0.981. The molecule has 2 saturated heterocycles. The molecule has 0 radical (unpaired) electrons. The first-order valence-electron chi connectivity index (χ1n) is 11.6. The molecule has 8 nitrogen and oxygen atoms in total. The molecule has 174 valence electrons. The number of rotatable bonds is 4. The van der Waals surface area contributed by atoms with Crippen molar-refractivity contribution in [3.05, 3.63) is 70.3 Å². The van der Waals surface area contributed by atoms with Gasteiger partial charge in [-0.3, -0.25) is 24.6 Å². The Morgan fingerprint density at radius 1 is 1.12 bits per heavy atom. The molecule has 8 heteroatoms. The fourth-order valence-corrected chi connectivity index (χ4v) is 5.23. The second-order valence-electron chi connectivity index (χ2n) is 9.39. The molecular weight excluding hydrogens is 432 g/mol. The third kappa shape index (κ3) is 4.09. The molecular formula is C26H26N4O4. The summed E-state index contributed by atoms with van der Waals surface area (Å²) in [6.07, 6.45) is 1.68. The number of piperidine rings is 2. The zero-order valence-electron chi connectivity index (χ0n) is 18.8. The second-order valence-corrected chi connectivity index (χ2v) is 9.39. The van der Waals surface area contributed by atoms with Gasteiger partial charge in [0.05, 0.1) is 17.2 Å².